The quantitative estimate of drug-likeness (QED) is 0.872. The number of aromatic nitrogens is 2. The summed E-state index contributed by atoms with van der Waals surface area (Å²) >= 11 is 0. The van der Waals surface area contributed by atoms with Crippen LogP contribution in [0.4, 0.5) is 4.39 Å². The van der Waals surface area contributed by atoms with E-state index < -0.39 is 5.82 Å². The Morgan fingerprint density at radius 3 is 3.04 bits per heavy atom. The summed E-state index contributed by atoms with van der Waals surface area (Å²) in [6.45, 7) is 1.23. The summed E-state index contributed by atoms with van der Waals surface area (Å²) in [5.74, 6) is -0.472. The van der Waals surface area contributed by atoms with E-state index in [1.807, 2.05) is 6.07 Å². The van der Waals surface area contributed by atoms with E-state index >= 15 is 0 Å². The largest absolute Gasteiger partial charge is 0.489 e. The molecular formula is C18H22FN3O3. The van der Waals surface area contributed by atoms with E-state index in [0.29, 0.717) is 13.2 Å². The second kappa shape index (κ2) is 8.11. The third-order valence-electron chi connectivity index (χ3n) is 4.37. The number of aromatic amines is 1. The summed E-state index contributed by atoms with van der Waals surface area (Å²) in [4.78, 5) is 14.4. The van der Waals surface area contributed by atoms with E-state index in [1.54, 1.807) is 36.3 Å². The molecule has 1 amide bonds. The van der Waals surface area contributed by atoms with Crippen molar-refractivity contribution >= 4 is 5.91 Å². The molecule has 1 aliphatic rings. The van der Waals surface area contributed by atoms with E-state index in [9.17, 15) is 9.18 Å². The lowest BCUT2D eigenvalue weighted by atomic mass is 9.91. The summed E-state index contributed by atoms with van der Waals surface area (Å²) in [5.41, 5.74) is 0.814. The monoisotopic (exact) mass is 347 g/mol. The number of hydrogen-bond donors (Lipinski definition) is 1. The first-order valence-corrected chi connectivity index (χ1v) is 8.40. The SMILES string of the molecule is CN(CCOc1ccccc1F)C(=O)[C@@H]1CCCO[C@H]1c1ccn[nH]1. The van der Waals surface area contributed by atoms with Gasteiger partial charge in [-0.05, 0) is 31.0 Å². The normalized spacial score (nSPS) is 20.2. The fraction of sp³-hybridized carbons (Fsp3) is 0.444. The van der Waals surface area contributed by atoms with E-state index in [1.165, 1.54) is 6.07 Å². The zero-order chi connectivity index (χ0) is 17.6. The Morgan fingerprint density at radius 2 is 2.28 bits per heavy atom. The number of benzene rings is 1. The molecule has 3 rings (SSSR count). The van der Waals surface area contributed by atoms with Crippen LogP contribution < -0.4 is 4.74 Å². The summed E-state index contributed by atoms with van der Waals surface area (Å²) in [7, 11) is 1.73. The van der Waals surface area contributed by atoms with Crippen LogP contribution in [-0.2, 0) is 9.53 Å². The standard InChI is InChI=1S/C18H22FN3O3/c1-22(10-12-24-16-7-3-2-6-14(16)19)18(23)13-5-4-11-25-17(13)15-8-9-20-21-15/h2-3,6-9,13,17H,4-5,10-12H2,1H3,(H,20,21)/t13-,17-/m1/s1. The zero-order valence-corrected chi connectivity index (χ0v) is 14.2. The maximum atomic E-state index is 13.5. The number of nitrogens with one attached hydrogen (secondary N) is 1. The third-order valence-corrected chi connectivity index (χ3v) is 4.37. The number of rotatable bonds is 6. The van der Waals surface area contributed by atoms with Gasteiger partial charge < -0.3 is 14.4 Å². The summed E-state index contributed by atoms with van der Waals surface area (Å²) in [6.07, 6.45) is 2.96. The van der Waals surface area contributed by atoms with Gasteiger partial charge in [0, 0.05) is 19.9 Å². The highest BCUT2D eigenvalue weighted by molar-refractivity contribution is 5.79. The van der Waals surface area contributed by atoms with Gasteiger partial charge in [-0.3, -0.25) is 9.89 Å². The number of H-pyrrole nitrogens is 1. The number of carbonyl (C=O) groups is 1. The Bertz CT molecular complexity index is 693. The average molecular weight is 347 g/mol. The molecule has 25 heavy (non-hydrogen) atoms. The molecule has 1 aliphatic heterocycles. The number of carbonyl (C=O) groups excluding carboxylic acids is 1. The predicted molar refractivity (Wildman–Crippen MR) is 89.5 cm³/mol. The van der Waals surface area contributed by atoms with Gasteiger partial charge in [0.25, 0.3) is 0 Å². The second-order valence-corrected chi connectivity index (χ2v) is 6.09. The molecule has 1 fully saturated rings. The van der Waals surface area contributed by atoms with Crippen LogP contribution in [0.2, 0.25) is 0 Å². The van der Waals surface area contributed by atoms with Crippen LogP contribution in [0.25, 0.3) is 0 Å². The topological polar surface area (TPSA) is 67.4 Å². The molecule has 0 aliphatic carbocycles. The fourth-order valence-electron chi connectivity index (χ4n) is 3.01. The molecule has 1 N–H and O–H groups in total. The number of amides is 1. The van der Waals surface area contributed by atoms with Crippen molar-refractivity contribution in [2.24, 2.45) is 5.92 Å². The number of likely N-dealkylation sites (N-methyl/N-ethyl adjacent to an activating group) is 1. The zero-order valence-electron chi connectivity index (χ0n) is 14.2. The minimum absolute atomic E-state index is 0.00330. The molecule has 0 saturated carbocycles. The van der Waals surface area contributed by atoms with Crippen LogP contribution in [0.15, 0.2) is 36.5 Å². The van der Waals surface area contributed by atoms with Crippen LogP contribution in [0.1, 0.15) is 24.6 Å². The highest BCUT2D eigenvalue weighted by Crippen LogP contribution is 2.33. The average Bonchev–Trinajstić information content (AvgIpc) is 3.17. The van der Waals surface area contributed by atoms with Crippen molar-refractivity contribution in [3.8, 4) is 5.75 Å². The molecule has 1 aromatic carbocycles. The number of para-hydroxylation sites is 1. The lowest BCUT2D eigenvalue weighted by Crippen LogP contribution is -2.40. The lowest BCUT2D eigenvalue weighted by molar-refractivity contribution is -0.144. The van der Waals surface area contributed by atoms with Gasteiger partial charge in [0.2, 0.25) is 5.91 Å². The Kier molecular flexibility index (Phi) is 5.65. The summed E-state index contributed by atoms with van der Waals surface area (Å²) < 4.78 is 24.8. The van der Waals surface area contributed by atoms with Crippen LogP contribution >= 0.6 is 0 Å². The minimum Gasteiger partial charge on any atom is -0.489 e. The molecule has 0 radical (unpaired) electrons. The van der Waals surface area contributed by atoms with E-state index in [0.717, 1.165) is 18.5 Å². The van der Waals surface area contributed by atoms with Crippen molar-refractivity contribution in [2.45, 2.75) is 18.9 Å². The number of hydrogen-bond acceptors (Lipinski definition) is 4. The molecule has 2 aromatic rings. The predicted octanol–water partition coefficient (Wildman–Crippen LogP) is 2.55. The lowest BCUT2D eigenvalue weighted by Gasteiger charge is -2.32. The fourth-order valence-corrected chi connectivity index (χ4v) is 3.01. The molecular weight excluding hydrogens is 325 g/mol. The Morgan fingerprint density at radius 1 is 1.44 bits per heavy atom. The van der Waals surface area contributed by atoms with Gasteiger partial charge in [0.15, 0.2) is 11.6 Å². The molecule has 1 saturated heterocycles. The van der Waals surface area contributed by atoms with Crippen molar-refractivity contribution in [3.63, 3.8) is 0 Å². The second-order valence-electron chi connectivity index (χ2n) is 6.09. The number of halogens is 1. The van der Waals surface area contributed by atoms with Crippen LogP contribution in [0.3, 0.4) is 0 Å². The van der Waals surface area contributed by atoms with Crippen molar-refractivity contribution < 1.29 is 18.7 Å². The van der Waals surface area contributed by atoms with Gasteiger partial charge in [-0.1, -0.05) is 12.1 Å². The highest BCUT2D eigenvalue weighted by Gasteiger charge is 2.35. The van der Waals surface area contributed by atoms with Crippen LogP contribution in [0.5, 0.6) is 5.75 Å². The smallest absolute Gasteiger partial charge is 0.228 e. The summed E-state index contributed by atoms with van der Waals surface area (Å²) in [6, 6.07) is 8.06. The third kappa shape index (κ3) is 4.17. The number of nitrogens with zero attached hydrogens (tertiary/aromatic N) is 2. The Labute approximate surface area is 145 Å². The first kappa shape index (κ1) is 17.4. The van der Waals surface area contributed by atoms with Gasteiger partial charge in [-0.15, -0.1) is 0 Å². The highest BCUT2D eigenvalue weighted by atomic mass is 19.1. The molecule has 7 heteroatoms. The molecule has 0 spiro atoms. The van der Waals surface area contributed by atoms with Crippen LogP contribution in [-0.4, -0.2) is 47.8 Å². The first-order valence-electron chi connectivity index (χ1n) is 8.40. The Hall–Kier alpha value is -2.41. The van der Waals surface area contributed by atoms with Gasteiger partial charge in [0.05, 0.1) is 18.2 Å². The maximum Gasteiger partial charge on any atom is 0.228 e. The molecule has 0 unspecified atom stereocenters. The molecule has 134 valence electrons. The van der Waals surface area contributed by atoms with E-state index in [4.69, 9.17) is 9.47 Å². The van der Waals surface area contributed by atoms with Gasteiger partial charge in [0.1, 0.15) is 12.7 Å². The van der Waals surface area contributed by atoms with Crippen LogP contribution in [0, 0.1) is 11.7 Å². The van der Waals surface area contributed by atoms with Gasteiger partial charge in [-0.25, -0.2) is 4.39 Å². The molecule has 2 heterocycles. The molecule has 6 nitrogen and oxygen atoms in total. The summed E-state index contributed by atoms with van der Waals surface area (Å²) in [5, 5.41) is 6.83. The Balaban J connectivity index is 1.56. The molecule has 0 bridgehead atoms. The molecule has 1 aromatic heterocycles. The van der Waals surface area contributed by atoms with Crippen molar-refractivity contribution in [3.05, 3.63) is 48.0 Å². The maximum absolute atomic E-state index is 13.5. The van der Waals surface area contributed by atoms with E-state index in [2.05, 4.69) is 10.2 Å². The van der Waals surface area contributed by atoms with Crippen molar-refractivity contribution in [2.75, 3.05) is 26.8 Å². The van der Waals surface area contributed by atoms with Crippen molar-refractivity contribution in [1.82, 2.24) is 15.1 Å². The van der Waals surface area contributed by atoms with Gasteiger partial charge >= 0.3 is 0 Å². The van der Waals surface area contributed by atoms with Crippen molar-refractivity contribution in [1.29, 1.82) is 0 Å². The molecule has 2 atom stereocenters. The number of ether oxygens (including phenoxy) is 2. The van der Waals surface area contributed by atoms with Gasteiger partial charge in [-0.2, -0.15) is 5.10 Å². The minimum atomic E-state index is -0.406. The van der Waals surface area contributed by atoms with E-state index in [-0.39, 0.29) is 30.3 Å². The first-order chi connectivity index (χ1) is 12.2.